The van der Waals surface area contributed by atoms with Gasteiger partial charge in [-0.25, -0.2) is 0 Å². The highest BCUT2D eigenvalue weighted by Crippen LogP contribution is 2.19. The molecule has 2 rings (SSSR count). The molecule has 0 aliphatic heterocycles. The molecule has 2 unspecified atom stereocenters. The minimum absolute atomic E-state index is 0.0496. The Labute approximate surface area is 192 Å². The lowest BCUT2D eigenvalue weighted by Gasteiger charge is -2.19. The molecule has 0 aliphatic carbocycles. The van der Waals surface area contributed by atoms with Gasteiger partial charge in [-0.15, -0.1) is 0 Å². The molecule has 0 saturated heterocycles. The van der Waals surface area contributed by atoms with Crippen molar-refractivity contribution in [3.8, 4) is 0 Å². The number of rotatable bonds is 12. The summed E-state index contributed by atoms with van der Waals surface area (Å²) in [7, 11) is 0. The fourth-order valence-electron chi connectivity index (χ4n) is 3.21. The van der Waals surface area contributed by atoms with Crippen molar-refractivity contribution in [2.75, 3.05) is 19.7 Å². The Kier molecular flexibility index (Phi) is 10.3. The van der Waals surface area contributed by atoms with Crippen molar-refractivity contribution in [2.24, 2.45) is 5.73 Å². The van der Waals surface area contributed by atoms with E-state index in [-0.39, 0.29) is 43.8 Å². The number of nitrogens with zero attached hydrogens (tertiary/aromatic N) is 1. The maximum atomic E-state index is 12.5. The van der Waals surface area contributed by atoms with E-state index >= 15 is 0 Å². The fourth-order valence-corrected chi connectivity index (χ4v) is 3.21. The minimum atomic E-state index is -0.626. The molecule has 0 radical (unpaired) electrons. The highest BCUT2D eigenvalue weighted by Gasteiger charge is 2.21. The summed E-state index contributed by atoms with van der Waals surface area (Å²) in [5, 5.41) is 15.5. The van der Waals surface area contributed by atoms with Crippen molar-refractivity contribution < 1.29 is 19.1 Å². The molecule has 6 N–H and O–H groups in total. The number of ether oxygens (including phenoxy) is 1. The molecule has 0 saturated carbocycles. The summed E-state index contributed by atoms with van der Waals surface area (Å²) in [6.45, 7) is 2.01. The largest absolute Gasteiger partial charge is 0.466 e. The number of esters is 1. The molecule has 33 heavy (non-hydrogen) atoms. The molecular weight excluding hydrogens is 424 g/mol. The van der Waals surface area contributed by atoms with Gasteiger partial charge >= 0.3 is 5.97 Å². The molecule has 0 bridgehead atoms. The summed E-state index contributed by atoms with van der Waals surface area (Å²) < 4.78 is 4.99. The number of hydrogen-bond donors (Lipinski definition) is 5. The Hall–Kier alpha value is -3.95. The Morgan fingerprint density at radius 1 is 1.03 bits per heavy atom. The Morgan fingerprint density at radius 3 is 2.39 bits per heavy atom. The molecule has 2 aromatic rings. The molecule has 10 heteroatoms. The number of aromatic nitrogens is 1. The van der Waals surface area contributed by atoms with Crippen LogP contribution < -0.4 is 21.7 Å². The zero-order valence-corrected chi connectivity index (χ0v) is 18.5. The quantitative estimate of drug-likeness (QED) is 0.181. The summed E-state index contributed by atoms with van der Waals surface area (Å²) in [4.78, 5) is 41.0. The van der Waals surface area contributed by atoms with Gasteiger partial charge in [0.25, 0.3) is 0 Å². The SMILES string of the molecule is CCOC(=O)CC(NC(=O)CNC(=O)CC(CNC(=N)N)c1ccccc1)c1cccnc1. The summed E-state index contributed by atoms with van der Waals surface area (Å²) >= 11 is 0. The number of nitrogens with one attached hydrogen (secondary N) is 4. The maximum Gasteiger partial charge on any atom is 0.308 e. The van der Waals surface area contributed by atoms with E-state index in [4.69, 9.17) is 15.9 Å². The van der Waals surface area contributed by atoms with E-state index in [0.717, 1.165) is 5.56 Å². The number of nitrogens with two attached hydrogens (primary N) is 1. The number of guanidine groups is 1. The topological polar surface area (TPSA) is 159 Å². The Bertz CT molecular complexity index is 923. The van der Waals surface area contributed by atoms with Crippen molar-refractivity contribution in [3.05, 3.63) is 66.0 Å². The van der Waals surface area contributed by atoms with Gasteiger partial charge < -0.3 is 26.4 Å². The second-order valence-corrected chi connectivity index (χ2v) is 7.30. The van der Waals surface area contributed by atoms with E-state index in [1.54, 1.807) is 31.5 Å². The first-order valence-electron chi connectivity index (χ1n) is 10.6. The predicted octanol–water partition coefficient (Wildman–Crippen LogP) is 0.965. The Morgan fingerprint density at radius 2 is 1.76 bits per heavy atom. The summed E-state index contributed by atoms with van der Waals surface area (Å²) in [6, 6.07) is 12.2. The molecule has 0 spiro atoms. The van der Waals surface area contributed by atoms with Gasteiger partial charge in [0.15, 0.2) is 5.96 Å². The molecule has 1 heterocycles. The van der Waals surface area contributed by atoms with E-state index in [9.17, 15) is 14.4 Å². The smallest absolute Gasteiger partial charge is 0.308 e. The van der Waals surface area contributed by atoms with Crippen LogP contribution in [-0.2, 0) is 19.1 Å². The van der Waals surface area contributed by atoms with Crippen molar-refractivity contribution in [1.29, 1.82) is 5.41 Å². The lowest BCUT2D eigenvalue weighted by atomic mass is 9.95. The third kappa shape index (κ3) is 9.38. The molecule has 2 amide bonds. The van der Waals surface area contributed by atoms with Crippen molar-refractivity contribution in [1.82, 2.24) is 20.9 Å². The van der Waals surface area contributed by atoms with Crippen molar-refractivity contribution in [2.45, 2.75) is 31.7 Å². The minimum Gasteiger partial charge on any atom is -0.466 e. The summed E-state index contributed by atoms with van der Waals surface area (Å²) in [6.07, 6.45) is 3.21. The van der Waals surface area contributed by atoms with E-state index in [2.05, 4.69) is 20.9 Å². The zero-order chi connectivity index (χ0) is 24.1. The van der Waals surface area contributed by atoms with Crippen LogP contribution in [0.1, 0.15) is 42.9 Å². The molecule has 10 nitrogen and oxygen atoms in total. The van der Waals surface area contributed by atoms with Crippen molar-refractivity contribution >= 4 is 23.7 Å². The number of pyridine rings is 1. The van der Waals surface area contributed by atoms with E-state index in [1.807, 2.05) is 30.3 Å². The molecule has 0 aliphatic rings. The molecule has 1 aromatic carbocycles. The van der Waals surface area contributed by atoms with Crippen LogP contribution in [0.4, 0.5) is 0 Å². The first-order valence-corrected chi connectivity index (χ1v) is 10.6. The van der Waals surface area contributed by atoms with Crippen molar-refractivity contribution in [3.63, 3.8) is 0 Å². The lowest BCUT2D eigenvalue weighted by Crippen LogP contribution is -2.40. The monoisotopic (exact) mass is 454 g/mol. The van der Waals surface area contributed by atoms with Crippen LogP contribution in [0.25, 0.3) is 0 Å². The molecular formula is C23H30N6O4. The van der Waals surface area contributed by atoms with Gasteiger partial charge in [-0.2, -0.15) is 0 Å². The fraction of sp³-hybridized carbons (Fsp3) is 0.348. The number of amides is 2. The second kappa shape index (κ2) is 13.5. The van der Waals surface area contributed by atoms with Gasteiger partial charge in [0.2, 0.25) is 11.8 Å². The molecule has 176 valence electrons. The standard InChI is InChI=1S/C23H30N6O4/c1-2-33-22(32)12-19(17-9-6-10-26-13-17)29-21(31)15-27-20(30)11-18(14-28-23(24)25)16-7-4-3-5-8-16/h3-10,13,18-19H,2,11-12,14-15H2,1H3,(H,27,30)(H,29,31)(H4,24,25,28). The van der Waals surface area contributed by atoms with E-state index < -0.39 is 17.9 Å². The second-order valence-electron chi connectivity index (χ2n) is 7.30. The van der Waals surface area contributed by atoms with Gasteiger partial charge in [-0.05, 0) is 24.1 Å². The van der Waals surface area contributed by atoms with Crippen LogP contribution in [0.2, 0.25) is 0 Å². The number of benzene rings is 1. The predicted molar refractivity (Wildman–Crippen MR) is 123 cm³/mol. The van der Waals surface area contributed by atoms with Gasteiger partial charge in [0, 0.05) is 31.3 Å². The van der Waals surface area contributed by atoms with Gasteiger partial charge in [-0.1, -0.05) is 36.4 Å². The lowest BCUT2D eigenvalue weighted by molar-refractivity contribution is -0.144. The van der Waals surface area contributed by atoms with Crippen LogP contribution in [0, 0.1) is 5.41 Å². The van der Waals surface area contributed by atoms with Gasteiger partial charge in [0.1, 0.15) is 0 Å². The van der Waals surface area contributed by atoms with Crippen LogP contribution in [0.15, 0.2) is 54.9 Å². The van der Waals surface area contributed by atoms with Crippen LogP contribution in [0.3, 0.4) is 0 Å². The average Bonchev–Trinajstić information content (AvgIpc) is 2.81. The van der Waals surface area contributed by atoms with Gasteiger partial charge in [-0.3, -0.25) is 24.8 Å². The summed E-state index contributed by atoms with van der Waals surface area (Å²) in [5.41, 5.74) is 6.95. The maximum absolute atomic E-state index is 12.5. The average molecular weight is 455 g/mol. The first kappa shape index (κ1) is 25.3. The third-order valence-electron chi connectivity index (χ3n) is 4.79. The highest BCUT2D eigenvalue weighted by molar-refractivity contribution is 5.85. The number of carbonyl (C=O) groups is 3. The number of hydrogen-bond acceptors (Lipinski definition) is 6. The zero-order valence-electron chi connectivity index (χ0n) is 18.5. The van der Waals surface area contributed by atoms with Crippen LogP contribution in [-0.4, -0.2) is 48.4 Å². The third-order valence-corrected chi connectivity index (χ3v) is 4.79. The van der Waals surface area contributed by atoms with E-state index in [0.29, 0.717) is 12.1 Å². The first-order chi connectivity index (χ1) is 15.9. The normalized spacial score (nSPS) is 12.2. The van der Waals surface area contributed by atoms with E-state index in [1.165, 1.54) is 0 Å². The van der Waals surface area contributed by atoms with Gasteiger partial charge in [0.05, 0.1) is 25.6 Å². The molecule has 1 aromatic heterocycles. The van der Waals surface area contributed by atoms with Crippen LogP contribution in [0.5, 0.6) is 0 Å². The molecule has 2 atom stereocenters. The summed E-state index contributed by atoms with van der Waals surface area (Å²) in [5.74, 6) is -1.63. The highest BCUT2D eigenvalue weighted by atomic mass is 16.5. The molecule has 0 fully saturated rings. The Balaban J connectivity index is 1.94. The van der Waals surface area contributed by atoms with Crippen LogP contribution >= 0.6 is 0 Å². The number of carbonyl (C=O) groups excluding carboxylic acids is 3.